The highest BCUT2D eigenvalue weighted by atomic mass is 32.1. The van der Waals surface area contributed by atoms with Gasteiger partial charge in [0.05, 0.1) is 34.0 Å². The number of imide groups is 1. The molecule has 16 nitrogen and oxygen atoms in total. The second-order valence-corrected chi connectivity index (χ2v) is 21.2. The van der Waals surface area contributed by atoms with Crippen molar-refractivity contribution < 1.29 is 29.0 Å². The standard InChI is InChI=1S/C57H62N10O6S/c1-36-40(41-17-19-50(59-53(41)56(71)72)67-26-23-38-9-5-11-42(45(38)35-67)54(69)61-57-58-46-12-3-4-14-49(46)74-57)10-6-13-48(36)73-33-7-8-37-21-24-64(25-22-37)27-28-65-29-31-66(32-30-65)39-15-16-43-47(34-39)63(2)62-52(43)44-18-20-51(68)60-55(44)70/h3-6,9-17,19,34,37,44H,7-8,18,20-33,35H2,1-2H3,(H,71,72)(H,58,61,69)(H,60,68,70). The number of anilines is 3. The lowest BCUT2D eigenvalue weighted by Gasteiger charge is -2.38. The van der Waals surface area contributed by atoms with E-state index in [0.29, 0.717) is 67.0 Å². The summed E-state index contributed by atoms with van der Waals surface area (Å²) in [6.07, 6.45) is 5.96. The van der Waals surface area contributed by atoms with E-state index in [1.807, 2.05) is 96.3 Å². The molecule has 4 aromatic carbocycles. The molecule has 0 radical (unpaired) electrons. The number of fused-ring (bicyclic) bond motifs is 3. The number of rotatable bonds is 15. The van der Waals surface area contributed by atoms with Gasteiger partial charge in [-0.1, -0.05) is 47.7 Å². The van der Waals surface area contributed by atoms with Crippen LogP contribution in [-0.4, -0.2) is 124 Å². The number of thiazole rings is 1. The maximum atomic E-state index is 13.7. The molecule has 1 atom stereocenters. The summed E-state index contributed by atoms with van der Waals surface area (Å²) in [7, 11) is 1.92. The summed E-state index contributed by atoms with van der Waals surface area (Å²) in [4.78, 5) is 69.8. The van der Waals surface area contributed by atoms with Gasteiger partial charge in [0.15, 0.2) is 10.8 Å². The Morgan fingerprint density at radius 3 is 2.42 bits per heavy atom. The molecule has 3 amide bonds. The van der Waals surface area contributed by atoms with Gasteiger partial charge in [0.2, 0.25) is 11.8 Å². The average Bonchev–Trinajstić information content (AvgIpc) is 3.98. The quantitative estimate of drug-likeness (QED) is 0.0661. The van der Waals surface area contributed by atoms with Crippen LogP contribution in [0.1, 0.15) is 87.7 Å². The van der Waals surface area contributed by atoms with Crippen molar-refractivity contribution >= 4 is 72.8 Å². The number of piperidine rings is 2. The molecule has 74 heavy (non-hydrogen) atoms. The maximum absolute atomic E-state index is 13.7. The van der Waals surface area contributed by atoms with E-state index in [9.17, 15) is 24.3 Å². The number of likely N-dealkylation sites (tertiary alicyclic amines) is 1. The fraction of sp³-hybridized carbons (Fsp3) is 0.386. The fourth-order valence-electron chi connectivity index (χ4n) is 11.4. The van der Waals surface area contributed by atoms with Crippen molar-refractivity contribution in [3.05, 3.63) is 125 Å². The van der Waals surface area contributed by atoms with Crippen molar-refractivity contribution in [2.24, 2.45) is 13.0 Å². The Morgan fingerprint density at radius 2 is 1.62 bits per heavy atom. The van der Waals surface area contributed by atoms with Crippen LogP contribution in [0.5, 0.6) is 5.75 Å². The van der Waals surface area contributed by atoms with E-state index in [1.165, 1.54) is 29.9 Å². The second kappa shape index (κ2) is 21.3. The van der Waals surface area contributed by atoms with Gasteiger partial charge in [-0.05, 0) is 141 Å². The lowest BCUT2D eigenvalue weighted by molar-refractivity contribution is -0.134. The molecular weight excluding hydrogens is 953 g/mol. The first-order valence-electron chi connectivity index (χ1n) is 26.0. The summed E-state index contributed by atoms with van der Waals surface area (Å²) in [6.45, 7) is 12.0. The van der Waals surface area contributed by atoms with Gasteiger partial charge < -0.3 is 24.5 Å². The highest BCUT2D eigenvalue weighted by molar-refractivity contribution is 7.22. The molecule has 3 N–H and O–H groups in total. The molecule has 0 spiro atoms. The van der Waals surface area contributed by atoms with E-state index in [2.05, 4.69) is 48.5 Å². The number of carbonyl (C=O) groups is 4. The summed E-state index contributed by atoms with van der Waals surface area (Å²) in [5, 5.41) is 22.2. The Balaban J connectivity index is 0.632. The molecule has 382 valence electrons. The number of aromatic carboxylic acids is 1. The molecule has 3 aromatic heterocycles. The van der Waals surface area contributed by atoms with Crippen molar-refractivity contribution in [1.82, 2.24) is 34.9 Å². The van der Waals surface area contributed by atoms with Crippen LogP contribution in [0.15, 0.2) is 91.0 Å². The topological polar surface area (TPSA) is 178 Å². The normalized spacial score (nSPS) is 17.9. The van der Waals surface area contributed by atoms with Crippen molar-refractivity contribution in [2.75, 3.05) is 80.6 Å². The first-order valence-corrected chi connectivity index (χ1v) is 26.8. The molecule has 3 saturated heterocycles. The second-order valence-electron chi connectivity index (χ2n) is 20.2. The van der Waals surface area contributed by atoms with Gasteiger partial charge in [0.25, 0.3) is 5.91 Å². The van der Waals surface area contributed by atoms with E-state index in [4.69, 9.17) is 14.8 Å². The van der Waals surface area contributed by atoms with Crippen LogP contribution >= 0.6 is 11.3 Å². The Bertz CT molecular complexity index is 3230. The number of carbonyl (C=O) groups excluding carboxylic acids is 3. The zero-order valence-electron chi connectivity index (χ0n) is 42.0. The first-order chi connectivity index (χ1) is 36.0. The highest BCUT2D eigenvalue weighted by Gasteiger charge is 2.32. The molecule has 17 heteroatoms. The van der Waals surface area contributed by atoms with Crippen LogP contribution in [0.2, 0.25) is 0 Å². The van der Waals surface area contributed by atoms with Crippen molar-refractivity contribution in [3.63, 3.8) is 0 Å². The predicted octanol–water partition coefficient (Wildman–Crippen LogP) is 8.28. The van der Waals surface area contributed by atoms with E-state index in [0.717, 1.165) is 120 Å². The third-order valence-corrected chi connectivity index (χ3v) is 16.6. The van der Waals surface area contributed by atoms with Gasteiger partial charge in [0.1, 0.15) is 11.6 Å². The number of benzene rings is 4. The molecule has 7 heterocycles. The SMILES string of the molecule is Cc1c(OCCCC2CCN(CCN3CCN(c4ccc5c(C6CCC(=O)NC6=O)nn(C)c5c4)CC3)CC2)cccc1-c1ccc(N2CCc3cccc(C(=O)Nc4nc5ccccc5s4)c3C2)nc1C(=O)O. The minimum absolute atomic E-state index is 0.0230. The Morgan fingerprint density at radius 1 is 0.824 bits per heavy atom. The highest BCUT2D eigenvalue weighted by Crippen LogP contribution is 2.36. The van der Waals surface area contributed by atoms with Gasteiger partial charge >= 0.3 is 5.97 Å². The summed E-state index contributed by atoms with van der Waals surface area (Å²) >= 11 is 1.44. The number of aromatic nitrogens is 4. The lowest BCUT2D eigenvalue weighted by atomic mass is 9.92. The average molecular weight is 1020 g/mol. The summed E-state index contributed by atoms with van der Waals surface area (Å²) < 4.78 is 9.24. The summed E-state index contributed by atoms with van der Waals surface area (Å²) in [5.74, 6) is -0.241. The number of hydrogen-bond donors (Lipinski definition) is 3. The van der Waals surface area contributed by atoms with Crippen molar-refractivity contribution in [1.29, 1.82) is 0 Å². The van der Waals surface area contributed by atoms with Crippen molar-refractivity contribution in [2.45, 2.75) is 64.3 Å². The van der Waals surface area contributed by atoms with Crippen LogP contribution in [0.25, 0.3) is 32.2 Å². The fourth-order valence-corrected chi connectivity index (χ4v) is 12.3. The first kappa shape index (κ1) is 49.0. The zero-order chi connectivity index (χ0) is 50.9. The minimum Gasteiger partial charge on any atom is -0.493 e. The maximum Gasteiger partial charge on any atom is 0.355 e. The van der Waals surface area contributed by atoms with Gasteiger partial charge in [-0.15, -0.1) is 0 Å². The monoisotopic (exact) mass is 1010 g/mol. The zero-order valence-corrected chi connectivity index (χ0v) is 42.8. The van der Waals surface area contributed by atoms with Gasteiger partial charge in [-0.25, -0.2) is 14.8 Å². The van der Waals surface area contributed by atoms with Crippen LogP contribution in [0.3, 0.4) is 0 Å². The van der Waals surface area contributed by atoms with E-state index in [1.54, 1.807) is 0 Å². The largest absolute Gasteiger partial charge is 0.493 e. The number of hydrogen-bond acceptors (Lipinski definition) is 13. The third kappa shape index (κ3) is 10.3. The van der Waals surface area contributed by atoms with Crippen LogP contribution in [-0.2, 0) is 29.6 Å². The van der Waals surface area contributed by atoms with E-state index < -0.39 is 11.9 Å². The molecule has 4 aliphatic heterocycles. The van der Waals surface area contributed by atoms with E-state index in [-0.39, 0.29) is 23.4 Å². The molecule has 0 bridgehead atoms. The van der Waals surface area contributed by atoms with Crippen LogP contribution in [0.4, 0.5) is 16.6 Å². The number of ether oxygens (including phenoxy) is 1. The number of amides is 3. The number of carboxylic acids is 1. The van der Waals surface area contributed by atoms with Crippen LogP contribution in [0, 0.1) is 12.8 Å². The lowest BCUT2D eigenvalue weighted by Crippen LogP contribution is -2.49. The molecule has 0 aliphatic carbocycles. The van der Waals surface area contributed by atoms with Gasteiger partial charge in [0, 0.05) is 88.0 Å². The smallest absolute Gasteiger partial charge is 0.355 e. The predicted molar refractivity (Wildman–Crippen MR) is 289 cm³/mol. The molecule has 11 rings (SSSR count). The van der Waals surface area contributed by atoms with Crippen LogP contribution < -0.4 is 25.2 Å². The molecule has 0 saturated carbocycles. The Labute approximate surface area is 434 Å². The molecule has 7 aromatic rings. The minimum atomic E-state index is -1.10. The Kier molecular flexibility index (Phi) is 14.1. The summed E-state index contributed by atoms with van der Waals surface area (Å²) in [6, 6.07) is 29.5. The number of aryl methyl sites for hydroxylation is 1. The van der Waals surface area contributed by atoms with E-state index >= 15 is 0 Å². The Hall–Kier alpha value is -7.21. The number of nitrogens with zero attached hydrogens (tertiary/aromatic N) is 8. The number of pyridine rings is 1. The summed E-state index contributed by atoms with van der Waals surface area (Å²) in [5.41, 5.74) is 8.47. The molecule has 3 fully saturated rings. The van der Waals surface area contributed by atoms with Crippen molar-refractivity contribution in [3.8, 4) is 16.9 Å². The molecule has 4 aliphatic rings. The number of para-hydroxylation sites is 1. The molecule has 1 unspecified atom stereocenters. The van der Waals surface area contributed by atoms with Gasteiger partial charge in [-0.3, -0.25) is 34.6 Å². The van der Waals surface area contributed by atoms with Gasteiger partial charge in [-0.2, -0.15) is 5.10 Å². The number of nitrogens with one attached hydrogen (secondary N) is 2. The molecular formula is C57H62N10O6S. The number of carboxylic acid groups (broad SMARTS) is 1. The third-order valence-electron chi connectivity index (χ3n) is 15.6. The number of piperazine rings is 1.